The van der Waals surface area contributed by atoms with Gasteiger partial charge in [0.25, 0.3) is 0 Å². The summed E-state index contributed by atoms with van der Waals surface area (Å²) in [6.07, 6.45) is 1.15. The van der Waals surface area contributed by atoms with Crippen LogP contribution in [0.2, 0.25) is 0 Å². The SMILES string of the molecule is COC(=O)C(N)CN1CCC(N2CCOCC2)C1. The van der Waals surface area contributed by atoms with E-state index in [4.69, 9.17) is 10.5 Å². The molecule has 0 radical (unpaired) electrons. The number of nitrogens with two attached hydrogens (primary N) is 1. The molecule has 2 unspecified atom stereocenters. The van der Waals surface area contributed by atoms with E-state index in [1.54, 1.807) is 0 Å². The molecule has 0 amide bonds. The number of esters is 1. The summed E-state index contributed by atoms with van der Waals surface area (Å²) in [5, 5.41) is 0. The third kappa shape index (κ3) is 3.41. The van der Waals surface area contributed by atoms with Crippen molar-refractivity contribution in [2.24, 2.45) is 5.73 Å². The van der Waals surface area contributed by atoms with Crippen LogP contribution in [0.5, 0.6) is 0 Å². The molecule has 0 saturated carbocycles. The van der Waals surface area contributed by atoms with Gasteiger partial charge in [-0.05, 0) is 13.0 Å². The smallest absolute Gasteiger partial charge is 0.323 e. The summed E-state index contributed by atoms with van der Waals surface area (Å²) in [6, 6.07) is 0.0530. The van der Waals surface area contributed by atoms with Gasteiger partial charge in [0.1, 0.15) is 6.04 Å². The minimum Gasteiger partial charge on any atom is -0.468 e. The average Bonchev–Trinajstić information content (AvgIpc) is 2.87. The minimum atomic E-state index is -0.529. The fourth-order valence-electron chi connectivity index (χ4n) is 2.72. The van der Waals surface area contributed by atoms with Crippen molar-refractivity contribution in [2.75, 3.05) is 53.0 Å². The van der Waals surface area contributed by atoms with Gasteiger partial charge >= 0.3 is 5.97 Å². The van der Waals surface area contributed by atoms with E-state index in [0.29, 0.717) is 12.6 Å². The van der Waals surface area contributed by atoms with Gasteiger partial charge < -0.3 is 15.2 Å². The molecule has 0 aromatic heterocycles. The molecule has 0 spiro atoms. The maximum Gasteiger partial charge on any atom is 0.323 e. The Morgan fingerprint density at radius 1 is 1.44 bits per heavy atom. The van der Waals surface area contributed by atoms with Crippen LogP contribution in [0.15, 0.2) is 0 Å². The van der Waals surface area contributed by atoms with Gasteiger partial charge in [-0.15, -0.1) is 0 Å². The van der Waals surface area contributed by atoms with Crippen molar-refractivity contribution in [1.82, 2.24) is 9.80 Å². The Morgan fingerprint density at radius 2 is 2.17 bits per heavy atom. The highest BCUT2D eigenvalue weighted by atomic mass is 16.5. The molecule has 6 nitrogen and oxygen atoms in total. The zero-order valence-corrected chi connectivity index (χ0v) is 11.0. The second-order valence-corrected chi connectivity index (χ2v) is 4.98. The molecular weight excluding hydrogens is 234 g/mol. The number of nitrogens with zero attached hydrogens (tertiary/aromatic N) is 2. The molecule has 0 aliphatic carbocycles. The topological polar surface area (TPSA) is 68.0 Å². The summed E-state index contributed by atoms with van der Waals surface area (Å²) in [5.41, 5.74) is 5.78. The third-order valence-electron chi connectivity index (χ3n) is 3.77. The first-order valence-corrected chi connectivity index (χ1v) is 6.58. The van der Waals surface area contributed by atoms with Gasteiger partial charge in [0.05, 0.1) is 20.3 Å². The zero-order valence-electron chi connectivity index (χ0n) is 11.0. The quantitative estimate of drug-likeness (QED) is 0.644. The first-order valence-electron chi connectivity index (χ1n) is 6.58. The van der Waals surface area contributed by atoms with Gasteiger partial charge in [-0.3, -0.25) is 14.6 Å². The van der Waals surface area contributed by atoms with Crippen LogP contribution in [0, 0.1) is 0 Å². The van der Waals surface area contributed by atoms with E-state index in [9.17, 15) is 4.79 Å². The van der Waals surface area contributed by atoms with Crippen molar-refractivity contribution < 1.29 is 14.3 Å². The molecule has 2 heterocycles. The number of carbonyl (C=O) groups is 1. The maximum absolute atomic E-state index is 11.3. The number of likely N-dealkylation sites (tertiary alicyclic amines) is 1. The lowest BCUT2D eigenvalue weighted by atomic mass is 10.2. The fraction of sp³-hybridized carbons (Fsp3) is 0.917. The van der Waals surface area contributed by atoms with Gasteiger partial charge in [-0.2, -0.15) is 0 Å². The van der Waals surface area contributed by atoms with Crippen LogP contribution in [0.1, 0.15) is 6.42 Å². The predicted molar refractivity (Wildman–Crippen MR) is 67.2 cm³/mol. The number of hydrogen-bond acceptors (Lipinski definition) is 6. The second-order valence-electron chi connectivity index (χ2n) is 4.98. The maximum atomic E-state index is 11.3. The Morgan fingerprint density at radius 3 is 2.83 bits per heavy atom. The van der Waals surface area contributed by atoms with E-state index in [0.717, 1.165) is 45.8 Å². The van der Waals surface area contributed by atoms with Crippen molar-refractivity contribution in [3.63, 3.8) is 0 Å². The van der Waals surface area contributed by atoms with Crippen molar-refractivity contribution in [3.05, 3.63) is 0 Å². The van der Waals surface area contributed by atoms with Crippen molar-refractivity contribution in [3.8, 4) is 0 Å². The van der Waals surface area contributed by atoms with E-state index in [2.05, 4.69) is 14.5 Å². The van der Waals surface area contributed by atoms with Crippen LogP contribution in [0.4, 0.5) is 0 Å². The summed E-state index contributed by atoms with van der Waals surface area (Å²) < 4.78 is 10.0. The highest BCUT2D eigenvalue weighted by Crippen LogP contribution is 2.16. The van der Waals surface area contributed by atoms with Gasteiger partial charge in [0.15, 0.2) is 0 Å². The third-order valence-corrected chi connectivity index (χ3v) is 3.77. The van der Waals surface area contributed by atoms with E-state index in [1.165, 1.54) is 7.11 Å². The Balaban J connectivity index is 1.75. The molecule has 2 aliphatic rings. The molecule has 104 valence electrons. The lowest BCUT2D eigenvalue weighted by Gasteiger charge is -2.32. The molecule has 0 aromatic rings. The van der Waals surface area contributed by atoms with Gasteiger partial charge in [0, 0.05) is 32.2 Å². The highest BCUT2D eigenvalue weighted by molar-refractivity contribution is 5.75. The van der Waals surface area contributed by atoms with Gasteiger partial charge in [-0.25, -0.2) is 0 Å². The molecule has 2 fully saturated rings. The van der Waals surface area contributed by atoms with E-state index < -0.39 is 6.04 Å². The largest absolute Gasteiger partial charge is 0.468 e. The molecule has 18 heavy (non-hydrogen) atoms. The Labute approximate surface area is 108 Å². The number of methoxy groups -OCH3 is 1. The van der Waals surface area contributed by atoms with Gasteiger partial charge in [-0.1, -0.05) is 0 Å². The molecule has 0 bridgehead atoms. The van der Waals surface area contributed by atoms with Crippen molar-refractivity contribution >= 4 is 5.97 Å². The molecule has 0 aromatic carbocycles. The van der Waals surface area contributed by atoms with Gasteiger partial charge in [0.2, 0.25) is 0 Å². The minimum absolute atomic E-state index is 0.329. The number of morpholine rings is 1. The Hall–Kier alpha value is -0.690. The average molecular weight is 257 g/mol. The Kier molecular flexibility index (Phi) is 4.94. The molecule has 2 atom stereocenters. The summed E-state index contributed by atoms with van der Waals surface area (Å²) in [7, 11) is 1.38. The lowest BCUT2D eigenvalue weighted by Crippen LogP contribution is -2.46. The molecule has 2 N–H and O–H groups in total. The van der Waals surface area contributed by atoms with Crippen LogP contribution in [-0.4, -0.2) is 80.9 Å². The normalized spacial score (nSPS) is 28.2. The molecule has 6 heteroatoms. The van der Waals surface area contributed by atoms with Crippen LogP contribution in [0.3, 0.4) is 0 Å². The number of rotatable bonds is 4. The fourth-order valence-corrected chi connectivity index (χ4v) is 2.72. The van der Waals surface area contributed by atoms with Crippen molar-refractivity contribution in [1.29, 1.82) is 0 Å². The summed E-state index contributed by atoms with van der Waals surface area (Å²) >= 11 is 0. The first-order chi connectivity index (χ1) is 8.70. The molecule has 2 saturated heterocycles. The van der Waals surface area contributed by atoms with E-state index >= 15 is 0 Å². The van der Waals surface area contributed by atoms with Crippen LogP contribution >= 0.6 is 0 Å². The predicted octanol–water partition coefficient (Wildman–Crippen LogP) is -1.11. The summed E-state index contributed by atoms with van der Waals surface area (Å²) in [4.78, 5) is 16.0. The summed E-state index contributed by atoms with van der Waals surface area (Å²) in [6.45, 7) is 6.28. The molecule has 2 rings (SSSR count). The summed E-state index contributed by atoms with van der Waals surface area (Å²) in [5.74, 6) is -0.329. The molecular formula is C12H23N3O3. The first kappa shape index (κ1) is 13.7. The lowest BCUT2D eigenvalue weighted by molar-refractivity contribution is -0.142. The van der Waals surface area contributed by atoms with Crippen LogP contribution < -0.4 is 5.73 Å². The van der Waals surface area contributed by atoms with Crippen LogP contribution in [-0.2, 0) is 14.3 Å². The zero-order chi connectivity index (χ0) is 13.0. The Bertz CT molecular complexity index is 282. The van der Waals surface area contributed by atoms with Crippen molar-refractivity contribution in [2.45, 2.75) is 18.5 Å². The van der Waals surface area contributed by atoms with E-state index in [1.807, 2.05) is 0 Å². The van der Waals surface area contributed by atoms with E-state index in [-0.39, 0.29) is 5.97 Å². The number of carbonyl (C=O) groups excluding carboxylic acids is 1. The standard InChI is InChI=1S/C12H23N3O3/c1-17-12(16)11(13)9-14-3-2-10(8-14)15-4-6-18-7-5-15/h10-11H,2-9,13H2,1H3. The number of hydrogen-bond donors (Lipinski definition) is 1. The van der Waals surface area contributed by atoms with Crippen LogP contribution in [0.25, 0.3) is 0 Å². The number of ether oxygens (including phenoxy) is 2. The highest BCUT2D eigenvalue weighted by Gasteiger charge is 2.30. The second kappa shape index (κ2) is 6.47. The monoisotopic (exact) mass is 257 g/mol. The molecule has 2 aliphatic heterocycles.